The first-order valence-electron chi connectivity index (χ1n) is 42.5. The molecule has 0 aliphatic rings. The van der Waals surface area contributed by atoms with Crippen LogP contribution in [0.5, 0.6) is 0 Å². The molecule has 140 heavy (non-hydrogen) atoms. The van der Waals surface area contributed by atoms with Crippen molar-refractivity contribution < 1.29 is 66.1 Å². The monoisotopic (exact) mass is 2110 g/mol. The van der Waals surface area contributed by atoms with Crippen molar-refractivity contribution >= 4 is 188 Å². The Bertz CT molecular complexity index is 7570. The van der Waals surface area contributed by atoms with Crippen molar-refractivity contribution in [3.8, 4) is 56.3 Å². The van der Waals surface area contributed by atoms with Crippen LogP contribution < -0.4 is 26.6 Å². The van der Waals surface area contributed by atoms with Crippen LogP contribution in [0.4, 0.5) is 28.4 Å². The molecular weight excluding hydrogens is 2030 g/mol. The number of benzene rings is 10. The number of carbonyl (C=O) groups excluding carboxylic acids is 5. The maximum Gasteiger partial charge on any atom is 0.257 e. The summed E-state index contributed by atoms with van der Waals surface area (Å²) in [6, 6.07) is 76.0. The molecule has 0 bridgehead atoms. The summed E-state index contributed by atoms with van der Waals surface area (Å²) >= 11 is 43.7. The Labute approximate surface area is 847 Å². The Morgan fingerprint density at radius 1 is 0.271 bits per heavy atom. The normalized spacial score (nSPS) is 11.3. The number of nitrogens with zero attached hydrogens (tertiary/aromatic N) is 5. The molecule has 0 aliphatic heterocycles. The van der Waals surface area contributed by atoms with Gasteiger partial charge >= 0.3 is 0 Å². The highest BCUT2D eigenvalue weighted by atomic mass is 35.5. The fraction of sp³-hybridized carbons (Fsp3) is 0.126. The van der Waals surface area contributed by atoms with E-state index in [1.807, 2.05) is 78.9 Å². The summed E-state index contributed by atoms with van der Waals surface area (Å²) < 4.78 is 120. The van der Waals surface area contributed by atoms with E-state index in [4.69, 9.17) is 81.2 Å². The Hall–Kier alpha value is -12.9. The first-order valence-corrected chi connectivity index (χ1v) is 53.5. The smallest absolute Gasteiger partial charge is 0.257 e. The zero-order chi connectivity index (χ0) is 102. The van der Waals surface area contributed by atoms with E-state index in [0.29, 0.717) is 138 Å². The highest BCUT2D eigenvalue weighted by Crippen LogP contribution is 2.37. The Morgan fingerprint density at radius 3 is 0.779 bits per heavy atom. The maximum absolute atomic E-state index is 12.7. The van der Waals surface area contributed by atoms with Gasteiger partial charge in [-0.25, -0.2) is 42.1 Å². The van der Waals surface area contributed by atoms with E-state index in [2.05, 4.69) is 51.5 Å². The van der Waals surface area contributed by atoms with Crippen molar-refractivity contribution in [2.24, 2.45) is 0 Å². The van der Waals surface area contributed by atoms with E-state index in [-0.39, 0.29) is 74.9 Å². The van der Waals surface area contributed by atoms with E-state index < -0.39 is 71.5 Å². The fourth-order valence-corrected chi connectivity index (χ4v) is 19.7. The number of hydrogen-bond donors (Lipinski definition) is 5. The van der Waals surface area contributed by atoms with Crippen LogP contribution in [0.15, 0.2) is 335 Å². The van der Waals surface area contributed by atoms with Gasteiger partial charge in [0.25, 0.3) is 29.5 Å². The lowest BCUT2D eigenvalue weighted by atomic mass is 10.1. The van der Waals surface area contributed by atoms with Gasteiger partial charge in [0.15, 0.2) is 49.2 Å². The molecule has 15 rings (SSSR count). The van der Waals surface area contributed by atoms with Gasteiger partial charge in [-0.2, -0.15) is 0 Å². The number of rotatable bonds is 24. The average molecular weight is 2120 g/mol. The summed E-state index contributed by atoms with van der Waals surface area (Å²) in [5, 5.41) is 15.6. The first kappa shape index (κ1) is 108. The molecule has 5 amide bonds. The topological polar surface area (TPSA) is 381 Å². The molecule has 25 nitrogen and oxygen atoms in total. The highest BCUT2D eigenvalue weighted by Gasteiger charge is 2.26. The number of aryl methyl sites for hydroxylation is 2. The summed E-state index contributed by atoms with van der Waals surface area (Å²) in [6.45, 7) is 13.0. The number of sulfone groups is 5. The van der Waals surface area contributed by atoms with E-state index in [9.17, 15) is 66.1 Å². The zero-order valence-electron chi connectivity index (χ0n) is 76.1. The van der Waals surface area contributed by atoms with Crippen LogP contribution in [-0.4, -0.2) is 125 Å². The second-order valence-electron chi connectivity index (χ2n) is 31.3. The molecule has 0 spiro atoms. The summed E-state index contributed by atoms with van der Waals surface area (Å²) in [6.07, 6.45) is 9.46. The number of hydrogen-bond acceptors (Lipinski definition) is 20. The van der Waals surface area contributed by atoms with Crippen LogP contribution in [0.2, 0.25) is 35.2 Å². The summed E-state index contributed by atoms with van der Waals surface area (Å²) in [4.78, 5) is 85.3. The molecule has 720 valence electrons. The van der Waals surface area contributed by atoms with Crippen molar-refractivity contribution in [3.05, 3.63) is 384 Å². The lowest BCUT2D eigenvalue weighted by molar-refractivity contribution is 0.101. The number of nitrogens with one attached hydrogen (secondary N) is 5. The minimum Gasteiger partial charge on any atom is -0.322 e. The van der Waals surface area contributed by atoms with Gasteiger partial charge in [0, 0.05) is 110 Å². The molecule has 37 heteroatoms. The SMILES string of the molecule is CC(C)S(=O)(=O)c1ccc(C(=O)Nc2ccc(Cl)c(-c3ccccn3)c2)c(Cl)c1.CC(C)S(=O)(=O)c1ccc(C(=O)Nc2ccc(Cl)c(-c3ccccn3)c2)cc1.CCS(=O)(=O)c1ccc(C(=O)Nc2ccc(Cl)c(-c3ccccn3)c2)c(C)c1.CCS(=O)(=O)c1ccc(C(=O)Nc2ccc(Cl)c(-c3ccccn3)c2)c(Cl)c1.Cc1cc(S(C)(=O)=O)ccc1C(=O)Nc1ccc(Cl)c(-c2ccccn2)c1. The van der Waals surface area contributed by atoms with Gasteiger partial charge < -0.3 is 26.6 Å². The first-order chi connectivity index (χ1) is 66.4. The van der Waals surface area contributed by atoms with Crippen LogP contribution in [0.3, 0.4) is 0 Å². The van der Waals surface area contributed by atoms with E-state index >= 15 is 0 Å². The third-order valence-electron chi connectivity index (χ3n) is 21.0. The lowest BCUT2D eigenvalue weighted by Gasteiger charge is -2.12. The van der Waals surface area contributed by atoms with Crippen molar-refractivity contribution in [1.82, 2.24) is 24.9 Å². The highest BCUT2D eigenvalue weighted by molar-refractivity contribution is 7.92. The van der Waals surface area contributed by atoms with Crippen molar-refractivity contribution in [2.45, 2.75) is 90.4 Å². The zero-order valence-corrected chi connectivity index (χ0v) is 85.4. The molecule has 15 aromatic rings. The van der Waals surface area contributed by atoms with Gasteiger partial charge in [0.1, 0.15) is 0 Å². The molecule has 5 heterocycles. The van der Waals surface area contributed by atoms with Crippen molar-refractivity contribution in [1.29, 1.82) is 0 Å². The average Bonchev–Trinajstić information content (AvgIpc) is 0.892. The molecule has 5 aromatic heterocycles. The molecule has 0 fully saturated rings. The molecule has 5 N–H and O–H groups in total. The Kier molecular flexibility index (Phi) is 36.7. The van der Waals surface area contributed by atoms with Gasteiger partial charge in [-0.3, -0.25) is 48.9 Å². The van der Waals surface area contributed by atoms with Gasteiger partial charge in [-0.05, 0) is 301 Å². The second-order valence-corrected chi connectivity index (χ2v) is 45.8. The predicted molar refractivity (Wildman–Crippen MR) is 558 cm³/mol. The lowest BCUT2D eigenvalue weighted by Crippen LogP contribution is -2.16. The van der Waals surface area contributed by atoms with Crippen LogP contribution in [0.1, 0.15) is 104 Å². The van der Waals surface area contributed by atoms with E-state index in [1.165, 1.54) is 97.1 Å². The van der Waals surface area contributed by atoms with Crippen molar-refractivity contribution in [2.75, 3.05) is 44.3 Å². The minimum absolute atomic E-state index is 0.0130. The van der Waals surface area contributed by atoms with Crippen LogP contribution in [0.25, 0.3) is 56.3 Å². The second kappa shape index (κ2) is 47.8. The summed E-state index contributed by atoms with van der Waals surface area (Å²) in [7, 11) is -16.9. The van der Waals surface area contributed by atoms with Crippen LogP contribution in [0, 0.1) is 13.8 Å². The van der Waals surface area contributed by atoms with Crippen molar-refractivity contribution in [3.63, 3.8) is 0 Å². The molecule has 0 aliphatic carbocycles. The number of anilines is 5. The summed E-state index contributed by atoms with van der Waals surface area (Å²) in [5.41, 5.74) is 12.3. The largest absolute Gasteiger partial charge is 0.322 e. The van der Waals surface area contributed by atoms with Crippen LogP contribution >= 0.6 is 81.2 Å². The van der Waals surface area contributed by atoms with E-state index in [0.717, 1.165) is 6.26 Å². The fourth-order valence-electron chi connectivity index (χ4n) is 13.2. The number of pyridine rings is 5. The molecular formula is C103H89Cl7N10O15S5. The van der Waals surface area contributed by atoms with Crippen LogP contribution in [-0.2, 0) is 49.2 Å². The van der Waals surface area contributed by atoms with Gasteiger partial charge in [0.2, 0.25) is 0 Å². The quantitative estimate of drug-likeness (QED) is 0.0375. The molecule has 0 saturated heterocycles. The molecule has 0 atom stereocenters. The third kappa shape index (κ3) is 28.0. The number of halogens is 7. The standard InChI is InChI=1S/C21H18Cl2N2O3S.2C21H19ClN2O3S.C20H16Cl2N2O3S.C20H17ClN2O3S/c1-13(2)29(27,28)15-7-8-16(19(23)12-15)21(26)25-14-6-9-18(22)17(11-14)20-5-3-4-10-24-20;1-14(2)28(26,27)17-9-6-15(7-10-17)21(25)24-16-8-11-19(22)18(13-16)20-5-3-4-12-23-20;1-3-28(26,27)16-8-9-17(14(2)12-16)21(25)24-15-7-10-19(22)18(13-15)20-6-4-5-11-23-20;1-2-28(26,27)14-7-8-15(18(22)12-14)20(25)24-13-6-9-17(21)16(11-13)19-5-3-4-10-23-19;1-13-11-15(27(2,25)26)7-8-16(13)20(24)23-14-6-9-18(21)17(12-14)19-5-3-4-10-22-19/h3-13H,1-2H3,(H,25,26);3-14H,1-2H3,(H,24,25);4-13H,3H2,1-2H3,(H,24,25);3-12H,2H2,1H3,(H,24,25);3-12H,1-2H3,(H,23,24). The Balaban J connectivity index is 0.000000167. The van der Waals surface area contributed by atoms with Gasteiger partial charge in [-0.15, -0.1) is 0 Å². The maximum atomic E-state index is 12.7. The number of amides is 5. The molecule has 0 saturated carbocycles. The third-order valence-corrected chi connectivity index (χ3v) is 32.2. The molecule has 0 unspecified atom stereocenters. The van der Waals surface area contributed by atoms with E-state index in [1.54, 1.807) is 190 Å². The molecule has 0 radical (unpaired) electrons. The molecule has 10 aromatic carbocycles. The number of carbonyl (C=O) groups is 5. The van der Waals surface area contributed by atoms with Gasteiger partial charge in [-0.1, -0.05) is 125 Å². The van der Waals surface area contributed by atoms with Gasteiger partial charge in [0.05, 0.1) is 121 Å². The summed E-state index contributed by atoms with van der Waals surface area (Å²) in [5.74, 6) is -1.95. The predicted octanol–water partition coefficient (Wildman–Crippen LogP) is 24.6. The number of aromatic nitrogens is 5. The minimum atomic E-state index is -3.48. The Morgan fingerprint density at radius 2 is 0.514 bits per heavy atom.